The second-order valence-corrected chi connectivity index (χ2v) is 5.46. The molecule has 3 rings (SSSR count). The standard InChI is InChI=1S/C16H20N2O2/c1-4-13-12(9-18(3)17-13)16-8-14(19)11-7-10(2)5-6-15(11)20-16/h5-7,9,14,16,19H,4,8H2,1-3H3. The first kappa shape index (κ1) is 13.2. The van der Waals surface area contributed by atoms with Crippen LogP contribution >= 0.6 is 0 Å². The van der Waals surface area contributed by atoms with Crippen LogP contribution in [0, 0.1) is 6.92 Å². The van der Waals surface area contributed by atoms with E-state index >= 15 is 0 Å². The highest BCUT2D eigenvalue weighted by atomic mass is 16.5. The summed E-state index contributed by atoms with van der Waals surface area (Å²) in [6.45, 7) is 4.11. The number of rotatable bonds is 2. The maximum atomic E-state index is 10.4. The predicted octanol–water partition coefficient (Wildman–Crippen LogP) is 2.85. The quantitative estimate of drug-likeness (QED) is 0.914. The summed E-state index contributed by atoms with van der Waals surface area (Å²) >= 11 is 0. The molecule has 1 aromatic heterocycles. The molecule has 20 heavy (non-hydrogen) atoms. The van der Waals surface area contributed by atoms with Crippen molar-refractivity contribution in [2.45, 2.75) is 38.9 Å². The van der Waals surface area contributed by atoms with Gasteiger partial charge in [0.2, 0.25) is 0 Å². The van der Waals surface area contributed by atoms with Gasteiger partial charge < -0.3 is 9.84 Å². The van der Waals surface area contributed by atoms with Gasteiger partial charge in [-0.25, -0.2) is 0 Å². The molecule has 106 valence electrons. The number of aromatic nitrogens is 2. The maximum Gasteiger partial charge on any atom is 0.130 e. The molecule has 2 aromatic rings. The topological polar surface area (TPSA) is 47.3 Å². The number of aliphatic hydroxyl groups excluding tert-OH is 1. The Balaban J connectivity index is 1.96. The molecule has 2 unspecified atom stereocenters. The average molecular weight is 272 g/mol. The molecule has 0 radical (unpaired) electrons. The Bertz CT molecular complexity index is 633. The number of hydrogen-bond donors (Lipinski definition) is 1. The van der Waals surface area contributed by atoms with Crippen LogP contribution in [0.25, 0.3) is 0 Å². The number of ether oxygens (including phenoxy) is 1. The summed E-state index contributed by atoms with van der Waals surface area (Å²) in [5.41, 5.74) is 4.16. The fraction of sp³-hybridized carbons (Fsp3) is 0.438. The highest BCUT2D eigenvalue weighted by Gasteiger charge is 2.30. The average Bonchev–Trinajstić information content (AvgIpc) is 2.80. The van der Waals surface area contributed by atoms with Gasteiger partial charge in [0.25, 0.3) is 0 Å². The van der Waals surface area contributed by atoms with Crippen LogP contribution in [-0.2, 0) is 13.5 Å². The fourth-order valence-electron chi connectivity index (χ4n) is 2.85. The van der Waals surface area contributed by atoms with Crippen LogP contribution in [0.15, 0.2) is 24.4 Å². The Morgan fingerprint density at radius 1 is 1.40 bits per heavy atom. The third kappa shape index (κ3) is 2.20. The van der Waals surface area contributed by atoms with Gasteiger partial charge >= 0.3 is 0 Å². The Morgan fingerprint density at radius 3 is 2.95 bits per heavy atom. The van der Waals surface area contributed by atoms with E-state index in [1.165, 1.54) is 0 Å². The first-order chi connectivity index (χ1) is 9.58. The molecule has 1 N–H and O–H groups in total. The van der Waals surface area contributed by atoms with Crippen molar-refractivity contribution >= 4 is 0 Å². The van der Waals surface area contributed by atoms with Crippen LogP contribution in [0.4, 0.5) is 0 Å². The van der Waals surface area contributed by atoms with E-state index in [0.717, 1.165) is 34.6 Å². The molecule has 1 aliphatic heterocycles. The predicted molar refractivity (Wildman–Crippen MR) is 76.7 cm³/mol. The lowest BCUT2D eigenvalue weighted by atomic mass is 9.94. The summed E-state index contributed by atoms with van der Waals surface area (Å²) in [7, 11) is 1.92. The Morgan fingerprint density at radius 2 is 2.20 bits per heavy atom. The minimum Gasteiger partial charge on any atom is -0.485 e. The van der Waals surface area contributed by atoms with Crippen molar-refractivity contribution in [2.24, 2.45) is 7.05 Å². The third-order valence-electron chi connectivity index (χ3n) is 3.85. The Labute approximate surface area is 119 Å². The zero-order valence-corrected chi connectivity index (χ0v) is 12.1. The fourth-order valence-corrected chi connectivity index (χ4v) is 2.85. The summed E-state index contributed by atoms with van der Waals surface area (Å²) in [5, 5.41) is 14.8. The zero-order chi connectivity index (χ0) is 14.3. The molecule has 0 aliphatic carbocycles. The van der Waals surface area contributed by atoms with E-state index in [0.29, 0.717) is 6.42 Å². The van der Waals surface area contributed by atoms with Crippen molar-refractivity contribution in [2.75, 3.05) is 0 Å². The molecule has 1 aromatic carbocycles. The van der Waals surface area contributed by atoms with Crippen molar-refractivity contribution in [1.82, 2.24) is 9.78 Å². The van der Waals surface area contributed by atoms with E-state index in [1.807, 2.05) is 43.0 Å². The summed E-state index contributed by atoms with van der Waals surface area (Å²) in [5.74, 6) is 0.783. The molecular formula is C16H20N2O2. The largest absolute Gasteiger partial charge is 0.485 e. The SMILES string of the molecule is CCc1nn(C)cc1C1CC(O)c2cc(C)ccc2O1. The summed E-state index contributed by atoms with van der Waals surface area (Å²) in [6, 6.07) is 5.96. The van der Waals surface area contributed by atoms with Gasteiger partial charge in [-0.15, -0.1) is 0 Å². The molecule has 0 spiro atoms. The number of aliphatic hydroxyl groups is 1. The summed E-state index contributed by atoms with van der Waals surface area (Å²) < 4.78 is 7.90. The van der Waals surface area contributed by atoms with Gasteiger partial charge in [-0.05, 0) is 25.5 Å². The minimum atomic E-state index is -0.478. The number of hydrogen-bond acceptors (Lipinski definition) is 3. The van der Waals surface area contributed by atoms with E-state index in [4.69, 9.17) is 4.74 Å². The lowest BCUT2D eigenvalue weighted by Gasteiger charge is -2.30. The molecule has 4 nitrogen and oxygen atoms in total. The van der Waals surface area contributed by atoms with E-state index in [9.17, 15) is 5.11 Å². The smallest absolute Gasteiger partial charge is 0.130 e. The molecule has 0 bridgehead atoms. The van der Waals surface area contributed by atoms with Crippen molar-refractivity contribution < 1.29 is 9.84 Å². The van der Waals surface area contributed by atoms with Gasteiger partial charge in [0.1, 0.15) is 11.9 Å². The minimum absolute atomic E-state index is 0.121. The second kappa shape index (κ2) is 4.94. The first-order valence-electron chi connectivity index (χ1n) is 7.06. The van der Waals surface area contributed by atoms with Gasteiger partial charge in [0.05, 0.1) is 11.8 Å². The van der Waals surface area contributed by atoms with Crippen LogP contribution in [0.2, 0.25) is 0 Å². The molecular weight excluding hydrogens is 252 g/mol. The molecule has 1 aliphatic rings. The third-order valence-corrected chi connectivity index (χ3v) is 3.85. The van der Waals surface area contributed by atoms with E-state index in [2.05, 4.69) is 12.0 Å². The number of benzene rings is 1. The summed E-state index contributed by atoms with van der Waals surface area (Å²) in [6.07, 6.45) is 2.84. The lowest BCUT2D eigenvalue weighted by Crippen LogP contribution is -2.19. The molecule has 0 fully saturated rings. The molecule has 0 saturated carbocycles. The summed E-state index contributed by atoms with van der Waals surface area (Å²) in [4.78, 5) is 0. The molecule has 0 saturated heterocycles. The molecule has 4 heteroatoms. The normalized spacial score (nSPS) is 21.4. The van der Waals surface area contributed by atoms with E-state index in [-0.39, 0.29) is 6.10 Å². The second-order valence-electron chi connectivity index (χ2n) is 5.46. The monoisotopic (exact) mass is 272 g/mol. The number of nitrogens with zero attached hydrogens (tertiary/aromatic N) is 2. The van der Waals surface area contributed by atoms with Gasteiger partial charge in [0, 0.05) is 30.8 Å². The first-order valence-corrected chi connectivity index (χ1v) is 7.06. The van der Waals surface area contributed by atoms with Gasteiger partial charge in [-0.2, -0.15) is 5.10 Å². The van der Waals surface area contributed by atoms with Crippen LogP contribution in [-0.4, -0.2) is 14.9 Å². The van der Waals surface area contributed by atoms with E-state index in [1.54, 1.807) is 0 Å². The zero-order valence-electron chi connectivity index (χ0n) is 12.1. The maximum absolute atomic E-state index is 10.4. The van der Waals surface area contributed by atoms with Crippen molar-refractivity contribution in [3.8, 4) is 5.75 Å². The van der Waals surface area contributed by atoms with E-state index < -0.39 is 6.10 Å². The van der Waals surface area contributed by atoms with Crippen LogP contribution in [0.5, 0.6) is 5.75 Å². The highest BCUT2D eigenvalue weighted by molar-refractivity contribution is 5.41. The van der Waals surface area contributed by atoms with Crippen molar-refractivity contribution in [3.63, 3.8) is 0 Å². The highest BCUT2D eigenvalue weighted by Crippen LogP contribution is 2.41. The van der Waals surface area contributed by atoms with Crippen LogP contribution in [0.1, 0.15) is 47.9 Å². The van der Waals surface area contributed by atoms with Gasteiger partial charge in [-0.3, -0.25) is 4.68 Å². The number of aryl methyl sites for hydroxylation is 3. The molecule has 2 atom stereocenters. The van der Waals surface area contributed by atoms with Crippen LogP contribution in [0.3, 0.4) is 0 Å². The van der Waals surface area contributed by atoms with Gasteiger partial charge in [0.15, 0.2) is 0 Å². The van der Waals surface area contributed by atoms with Crippen molar-refractivity contribution in [3.05, 3.63) is 46.8 Å². The Kier molecular flexibility index (Phi) is 3.26. The number of fused-ring (bicyclic) bond motifs is 1. The van der Waals surface area contributed by atoms with Crippen molar-refractivity contribution in [1.29, 1.82) is 0 Å². The van der Waals surface area contributed by atoms with Gasteiger partial charge in [-0.1, -0.05) is 18.6 Å². The molecule has 2 heterocycles. The lowest BCUT2D eigenvalue weighted by molar-refractivity contribution is 0.0652. The van der Waals surface area contributed by atoms with Crippen LogP contribution < -0.4 is 4.74 Å². The molecule has 0 amide bonds. The Hall–Kier alpha value is -1.81.